The molecule has 0 aliphatic rings. The summed E-state index contributed by atoms with van der Waals surface area (Å²) in [7, 11) is -4.07. The quantitative estimate of drug-likeness (QED) is 0.688. The Morgan fingerprint density at radius 3 is 2.52 bits per heavy atom. The van der Waals surface area contributed by atoms with Crippen molar-refractivity contribution in [3.05, 3.63) is 63.4 Å². The molecule has 0 heterocycles. The third kappa shape index (κ3) is 3.47. The standard InChI is InChI=1S/C12H8ClFN2O4S/c13-11-6-8(14)4-5-12(11)21(19,20)15-9-2-1-3-10(7-9)16(17)18/h1-7,15H. The number of nitro groups is 1. The van der Waals surface area contributed by atoms with Gasteiger partial charge in [0.15, 0.2) is 0 Å². The van der Waals surface area contributed by atoms with Gasteiger partial charge in [0.1, 0.15) is 10.7 Å². The molecule has 0 fully saturated rings. The van der Waals surface area contributed by atoms with Crippen LogP contribution in [0.1, 0.15) is 0 Å². The Morgan fingerprint density at radius 2 is 1.90 bits per heavy atom. The molecule has 0 aromatic heterocycles. The lowest BCUT2D eigenvalue weighted by Gasteiger charge is -2.09. The lowest BCUT2D eigenvalue weighted by Crippen LogP contribution is -2.13. The molecule has 0 unspecified atom stereocenters. The molecule has 2 rings (SSSR count). The van der Waals surface area contributed by atoms with Crippen molar-refractivity contribution in [2.45, 2.75) is 4.90 Å². The van der Waals surface area contributed by atoms with Crippen LogP contribution in [0.4, 0.5) is 15.8 Å². The highest BCUT2D eigenvalue weighted by atomic mass is 35.5. The molecule has 2 aromatic carbocycles. The number of hydrogen-bond acceptors (Lipinski definition) is 4. The summed E-state index contributed by atoms with van der Waals surface area (Å²) in [6, 6.07) is 7.80. The van der Waals surface area contributed by atoms with Crippen LogP contribution < -0.4 is 4.72 Å². The number of hydrogen-bond donors (Lipinski definition) is 1. The molecule has 21 heavy (non-hydrogen) atoms. The first-order valence-electron chi connectivity index (χ1n) is 5.52. The number of nitro benzene ring substituents is 1. The van der Waals surface area contributed by atoms with Crippen LogP contribution >= 0.6 is 11.6 Å². The first-order valence-corrected chi connectivity index (χ1v) is 7.38. The van der Waals surface area contributed by atoms with Crippen molar-refractivity contribution >= 4 is 33.0 Å². The molecular formula is C12H8ClFN2O4S. The van der Waals surface area contributed by atoms with Crippen LogP contribution in [0, 0.1) is 15.9 Å². The third-order valence-corrected chi connectivity index (χ3v) is 4.36. The van der Waals surface area contributed by atoms with Gasteiger partial charge in [0.05, 0.1) is 15.6 Å². The van der Waals surface area contributed by atoms with E-state index in [2.05, 4.69) is 4.72 Å². The number of rotatable bonds is 4. The summed E-state index contributed by atoms with van der Waals surface area (Å²) >= 11 is 5.69. The number of halogens is 2. The van der Waals surface area contributed by atoms with Gasteiger partial charge in [0.2, 0.25) is 0 Å². The second-order valence-electron chi connectivity index (χ2n) is 3.99. The molecule has 0 saturated carbocycles. The van der Waals surface area contributed by atoms with Gasteiger partial charge in [-0.25, -0.2) is 12.8 Å². The number of sulfonamides is 1. The number of non-ortho nitro benzene ring substituents is 1. The summed E-state index contributed by atoms with van der Waals surface area (Å²) in [5, 5.41) is 10.4. The minimum absolute atomic E-state index is 0.00425. The fraction of sp³-hybridized carbons (Fsp3) is 0. The van der Waals surface area contributed by atoms with E-state index in [-0.39, 0.29) is 21.3 Å². The van der Waals surface area contributed by atoms with Gasteiger partial charge in [-0.1, -0.05) is 17.7 Å². The summed E-state index contributed by atoms with van der Waals surface area (Å²) in [5.74, 6) is -0.672. The molecule has 1 N–H and O–H groups in total. The first kappa shape index (κ1) is 15.2. The lowest BCUT2D eigenvalue weighted by molar-refractivity contribution is -0.384. The Labute approximate surface area is 124 Å². The Balaban J connectivity index is 2.37. The van der Waals surface area contributed by atoms with Crippen molar-refractivity contribution in [3.8, 4) is 0 Å². The van der Waals surface area contributed by atoms with Gasteiger partial charge in [0.25, 0.3) is 15.7 Å². The van der Waals surface area contributed by atoms with Gasteiger partial charge in [-0.3, -0.25) is 14.8 Å². The molecular weight excluding hydrogens is 323 g/mol. The maximum Gasteiger partial charge on any atom is 0.271 e. The van der Waals surface area contributed by atoms with E-state index in [4.69, 9.17) is 11.6 Å². The molecule has 0 aliphatic heterocycles. The molecule has 0 aliphatic carbocycles. The highest BCUT2D eigenvalue weighted by Crippen LogP contribution is 2.25. The average Bonchev–Trinajstić information content (AvgIpc) is 2.37. The van der Waals surface area contributed by atoms with Crippen molar-refractivity contribution < 1.29 is 17.7 Å². The van der Waals surface area contributed by atoms with E-state index in [1.165, 1.54) is 18.2 Å². The normalized spacial score (nSPS) is 11.1. The Bertz CT molecular complexity index is 811. The summed E-state index contributed by atoms with van der Waals surface area (Å²) in [6.45, 7) is 0. The van der Waals surface area contributed by atoms with Gasteiger partial charge in [-0.2, -0.15) is 0 Å². The van der Waals surface area contributed by atoms with Crippen molar-refractivity contribution in [3.63, 3.8) is 0 Å². The highest BCUT2D eigenvalue weighted by Gasteiger charge is 2.19. The maximum absolute atomic E-state index is 12.9. The molecule has 0 radical (unpaired) electrons. The predicted molar refractivity (Wildman–Crippen MR) is 75.3 cm³/mol. The van der Waals surface area contributed by atoms with Gasteiger partial charge in [-0.15, -0.1) is 0 Å². The molecule has 0 saturated heterocycles. The largest absolute Gasteiger partial charge is 0.279 e. The minimum Gasteiger partial charge on any atom is -0.279 e. The van der Waals surface area contributed by atoms with Gasteiger partial charge < -0.3 is 0 Å². The van der Waals surface area contributed by atoms with Crippen molar-refractivity contribution in [1.82, 2.24) is 0 Å². The molecule has 110 valence electrons. The number of benzene rings is 2. The zero-order valence-corrected chi connectivity index (χ0v) is 11.9. The van der Waals surface area contributed by atoms with Crippen molar-refractivity contribution in [2.75, 3.05) is 4.72 Å². The van der Waals surface area contributed by atoms with E-state index in [0.29, 0.717) is 0 Å². The monoisotopic (exact) mass is 330 g/mol. The predicted octanol–water partition coefficient (Wildman–Crippen LogP) is 3.19. The second-order valence-corrected chi connectivity index (χ2v) is 6.05. The summed E-state index contributed by atoms with van der Waals surface area (Å²) in [6.07, 6.45) is 0. The molecule has 0 bridgehead atoms. The van der Waals surface area contributed by atoms with E-state index in [9.17, 15) is 22.9 Å². The van der Waals surface area contributed by atoms with E-state index < -0.39 is 20.8 Å². The molecule has 0 atom stereocenters. The zero-order valence-electron chi connectivity index (χ0n) is 10.3. The van der Waals surface area contributed by atoms with Crippen LogP contribution in [0.3, 0.4) is 0 Å². The molecule has 0 spiro atoms. The zero-order chi connectivity index (χ0) is 15.6. The van der Waals surface area contributed by atoms with Crippen LogP contribution in [0.25, 0.3) is 0 Å². The Morgan fingerprint density at radius 1 is 1.19 bits per heavy atom. The summed E-state index contributed by atoms with van der Waals surface area (Å²) < 4.78 is 39.3. The Hall–Kier alpha value is -2.19. The van der Waals surface area contributed by atoms with Crippen LogP contribution in [0.15, 0.2) is 47.4 Å². The van der Waals surface area contributed by atoms with E-state index in [0.717, 1.165) is 24.3 Å². The highest BCUT2D eigenvalue weighted by molar-refractivity contribution is 7.92. The summed E-state index contributed by atoms with van der Waals surface area (Å²) in [4.78, 5) is 9.67. The topological polar surface area (TPSA) is 89.3 Å². The second kappa shape index (κ2) is 5.66. The molecule has 9 heteroatoms. The SMILES string of the molecule is O=[N+]([O-])c1cccc(NS(=O)(=O)c2ccc(F)cc2Cl)c1. The van der Waals surface area contributed by atoms with Gasteiger partial charge >= 0.3 is 0 Å². The first-order chi connectivity index (χ1) is 9.79. The minimum atomic E-state index is -4.07. The lowest BCUT2D eigenvalue weighted by atomic mass is 10.3. The fourth-order valence-corrected chi connectivity index (χ4v) is 3.17. The van der Waals surface area contributed by atoms with Gasteiger partial charge in [0, 0.05) is 12.1 Å². The molecule has 0 amide bonds. The van der Waals surface area contributed by atoms with Crippen LogP contribution in [0.2, 0.25) is 5.02 Å². The maximum atomic E-state index is 12.9. The van der Waals surface area contributed by atoms with Gasteiger partial charge in [-0.05, 0) is 24.3 Å². The number of anilines is 1. The molecule has 2 aromatic rings. The molecule has 6 nitrogen and oxygen atoms in total. The van der Waals surface area contributed by atoms with Crippen LogP contribution in [0.5, 0.6) is 0 Å². The van der Waals surface area contributed by atoms with E-state index >= 15 is 0 Å². The number of nitrogens with one attached hydrogen (secondary N) is 1. The van der Waals surface area contributed by atoms with Crippen molar-refractivity contribution in [1.29, 1.82) is 0 Å². The summed E-state index contributed by atoms with van der Waals surface area (Å²) in [5.41, 5.74) is -0.259. The third-order valence-electron chi connectivity index (χ3n) is 2.49. The van der Waals surface area contributed by atoms with E-state index in [1.807, 2.05) is 0 Å². The smallest absolute Gasteiger partial charge is 0.271 e. The number of nitrogens with zero attached hydrogens (tertiary/aromatic N) is 1. The van der Waals surface area contributed by atoms with E-state index in [1.54, 1.807) is 0 Å². The fourth-order valence-electron chi connectivity index (χ4n) is 1.59. The van der Waals surface area contributed by atoms with Crippen LogP contribution in [-0.4, -0.2) is 13.3 Å². The Kier molecular flexibility index (Phi) is 4.10. The average molecular weight is 331 g/mol. The van der Waals surface area contributed by atoms with Crippen molar-refractivity contribution in [2.24, 2.45) is 0 Å². The van der Waals surface area contributed by atoms with Crippen LogP contribution in [-0.2, 0) is 10.0 Å².